The van der Waals surface area contributed by atoms with Crippen LogP contribution in [0.15, 0.2) is 47.1 Å². The summed E-state index contributed by atoms with van der Waals surface area (Å²) >= 11 is 1.26. The first-order valence-electron chi connectivity index (χ1n) is 5.27. The van der Waals surface area contributed by atoms with Crippen LogP contribution in [0.3, 0.4) is 0 Å². The molecule has 2 aromatic heterocycles. The number of carbonyl (C=O) groups is 1. The normalized spacial score (nSPS) is 11.4. The lowest BCUT2D eigenvalue weighted by Crippen LogP contribution is -2.07. The Labute approximate surface area is 108 Å². The lowest BCUT2D eigenvalue weighted by atomic mass is 10.4. The number of amides is 1. The van der Waals surface area contributed by atoms with E-state index in [0.717, 1.165) is 0 Å². The van der Waals surface area contributed by atoms with Crippen molar-refractivity contribution < 1.29 is 9.21 Å². The number of aromatic nitrogens is 2. The number of rotatable bonds is 4. The van der Waals surface area contributed by atoms with Gasteiger partial charge in [0, 0.05) is 6.08 Å². The number of hydrogen-bond acceptors (Lipinski definition) is 5. The summed E-state index contributed by atoms with van der Waals surface area (Å²) < 4.78 is 5.19. The Balaban J connectivity index is 2.01. The van der Waals surface area contributed by atoms with Gasteiger partial charge in [-0.05, 0) is 19.1 Å². The minimum Gasteiger partial charge on any atom is -0.462 e. The Bertz CT molecular complexity index is 570. The van der Waals surface area contributed by atoms with Crippen LogP contribution in [0.4, 0.5) is 5.13 Å². The molecule has 0 atom stereocenters. The predicted octanol–water partition coefficient (Wildman–Crippen LogP) is 2.87. The van der Waals surface area contributed by atoms with E-state index in [2.05, 4.69) is 15.5 Å². The summed E-state index contributed by atoms with van der Waals surface area (Å²) in [5, 5.41) is 11.5. The van der Waals surface area contributed by atoms with Crippen molar-refractivity contribution in [1.82, 2.24) is 10.2 Å². The van der Waals surface area contributed by atoms with Gasteiger partial charge < -0.3 is 4.42 Å². The topological polar surface area (TPSA) is 68.0 Å². The third-order valence-electron chi connectivity index (χ3n) is 1.94. The quantitative estimate of drug-likeness (QED) is 0.678. The Morgan fingerprint density at radius 1 is 1.44 bits per heavy atom. The molecule has 0 saturated heterocycles. The molecule has 0 saturated carbocycles. The standard InChI is InChI=1S/C12H11N3O2S/c1-2-3-4-7-10(16)13-12-15-14-11(18-12)9-6-5-8-17-9/h2-8H,1H3,(H,13,15,16)/b3-2+,7-4-. The molecule has 0 radical (unpaired) electrons. The highest BCUT2D eigenvalue weighted by Gasteiger charge is 2.09. The van der Waals surface area contributed by atoms with Crippen molar-refractivity contribution in [2.45, 2.75) is 6.92 Å². The third kappa shape index (κ3) is 3.14. The zero-order chi connectivity index (χ0) is 12.8. The summed E-state index contributed by atoms with van der Waals surface area (Å²) in [4.78, 5) is 11.5. The molecule has 0 unspecified atom stereocenters. The second-order valence-electron chi connectivity index (χ2n) is 3.26. The predicted molar refractivity (Wildman–Crippen MR) is 70.2 cm³/mol. The van der Waals surface area contributed by atoms with Crippen LogP contribution in [0.25, 0.3) is 10.8 Å². The lowest BCUT2D eigenvalue weighted by Gasteiger charge is -1.92. The zero-order valence-corrected chi connectivity index (χ0v) is 10.5. The molecule has 0 aliphatic rings. The highest BCUT2D eigenvalue weighted by molar-refractivity contribution is 7.18. The maximum absolute atomic E-state index is 11.5. The van der Waals surface area contributed by atoms with Crippen LogP contribution < -0.4 is 5.32 Å². The fraction of sp³-hybridized carbons (Fsp3) is 0.0833. The lowest BCUT2D eigenvalue weighted by molar-refractivity contribution is -0.111. The molecule has 5 nitrogen and oxygen atoms in total. The monoisotopic (exact) mass is 261 g/mol. The zero-order valence-electron chi connectivity index (χ0n) is 9.66. The number of nitrogens with one attached hydrogen (secondary N) is 1. The van der Waals surface area contributed by atoms with Crippen molar-refractivity contribution in [1.29, 1.82) is 0 Å². The van der Waals surface area contributed by atoms with Crippen LogP contribution in [0, 0.1) is 0 Å². The molecule has 0 bridgehead atoms. The molecule has 2 rings (SSSR count). The largest absolute Gasteiger partial charge is 0.462 e. The highest BCUT2D eigenvalue weighted by atomic mass is 32.1. The van der Waals surface area contributed by atoms with E-state index in [1.807, 2.05) is 13.0 Å². The first-order chi connectivity index (χ1) is 8.79. The van der Waals surface area contributed by atoms with Gasteiger partial charge in [-0.3, -0.25) is 10.1 Å². The van der Waals surface area contributed by atoms with E-state index < -0.39 is 0 Å². The smallest absolute Gasteiger partial charge is 0.250 e. The van der Waals surface area contributed by atoms with Gasteiger partial charge in [0.25, 0.3) is 0 Å². The molecule has 92 valence electrons. The molecule has 0 aliphatic heterocycles. The Morgan fingerprint density at radius 2 is 2.33 bits per heavy atom. The van der Waals surface area contributed by atoms with Gasteiger partial charge in [0.05, 0.1) is 6.26 Å². The molecule has 2 heterocycles. The van der Waals surface area contributed by atoms with Crippen LogP contribution >= 0.6 is 11.3 Å². The fourth-order valence-corrected chi connectivity index (χ4v) is 1.89. The van der Waals surface area contributed by atoms with E-state index in [0.29, 0.717) is 15.9 Å². The minimum atomic E-state index is -0.241. The number of nitrogens with zero attached hydrogens (tertiary/aromatic N) is 2. The van der Waals surface area contributed by atoms with Gasteiger partial charge in [0.1, 0.15) is 0 Å². The van der Waals surface area contributed by atoms with E-state index in [1.165, 1.54) is 17.4 Å². The van der Waals surface area contributed by atoms with Crippen LogP contribution in [0.1, 0.15) is 6.92 Å². The fourth-order valence-electron chi connectivity index (χ4n) is 1.17. The van der Waals surface area contributed by atoms with Crippen molar-refractivity contribution >= 4 is 22.4 Å². The van der Waals surface area contributed by atoms with Gasteiger partial charge in [0.15, 0.2) is 10.8 Å². The average Bonchev–Trinajstić information content (AvgIpc) is 2.98. The summed E-state index contributed by atoms with van der Waals surface area (Å²) in [5.41, 5.74) is 0. The minimum absolute atomic E-state index is 0.241. The summed E-state index contributed by atoms with van der Waals surface area (Å²) in [6, 6.07) is 3.56. The summed E-state index contributed by atoms with van der Waals surface area (Å²) in [6.45, 7) is 1.88. The second-order valence-corrected chi connectivity index (χ2v) is 4.24. The highest BCUT2D eigenvalue weighted by Crippen LogP contribution is 2.26. The van der Waals surface area contributed by atoms with E-state index in [4.69, 9.17) is 4.42 Å². The third-order valence-corrected chi connectivity index (χ3v) is 2.79. The number of furan rings is 1. The molecule has 1 N–H and O–H groups in total. The van der Waals surface area contributed by atoms with Crippen molar-refractivity contribution in [3.63, 3.8) is 0 Å². The molecule has 6 heteroatoms. The number of allylic oxidation sites excluding steroid dienone is 3. The van der Waals surface area contributed by atoms with Crippen LogP contribution in [0.2, 0.25) is 0 Å². The number of carbonyl (C=O) groups excluding carboxylic acids is 1. The van der Waals surface area contributed by atoms with E-state index in [-0.39, 0.29) is 5.91 Å². The molecule has 1 amide bonds. The van der Waals surface area contributed by atoms with Crippen molar-refractivity contribution in [3.05, 3.63) is 42.7 Å². The van der Waals surface area contributed by atoms with Crippen LogP contribution in [-0.2, 0) is 4.79 Å². The van der Waals surface area contributed by atoms with Gasteiger partial charge in [-0.25, -0.2) is 0 Å². The first-order valence-corrected chi connectivity index (χ1v) is 6.09. The van der Waals surface area contributed by atoms with Crippen LogP contribution in [0.5, 0.6) is 0 Å². The van der Waals surface area contributed by atoms with Gasteiger partial charge in [-0.2, -0.15) is 0 Å². The molecule has 0 fully saturated rings. The summed E-state index contributed by atoms with van der Waals surface area (Å²) in [7, 11) is 0. The number of anilines is 1. The van der Waals surface area contributed by atoms with Gasteiger partial charge >= 0.3 is 0 Å². The average molecular weight is 261 g/mol. The SMILES string of the molecule is C/C=C/C=C\C(=O)Nc1nnc(-c2ccco2)s1. The van der Waals surface area contributed by atoms with Gasteiger partial charge in [-0.15, -0.1) is 10.2 Å². The number of hydrogen-bond donors (Lipinski definition) is 1. The van der Waals surface area contributed by atoms with E-state index >= 15 is 0 Å². The van der Waals surface area contributed by atoms with Gasteiger partial charge in [-0.1, -0.05) is 29.6 Å². The maximum Gasteiger partial charge on any atom is 0.250 e. The summed E-state index contributed by atoms with van der Waals surface area (Å²) in [6.07, 6.45) is 8.25. The Kier molecular flexibility index (Phi) is 4.03. The molecule has 0 spiro atoms. The van der Waals surface area contributed by atoms with Crippen molar-refractivity contribution in [3.8, 4) is 10.8 Å². The van der Waals surface area contributed by atoms with E-state index in [1.54, 1.807) is 30.5 Å². The molecule has 0 aliphatic carbocycles. The van der Waals surface area contributed by atoms with Crippen molar-refractivity contribution in [2.24, 2.45) is 0 Å². The molecule has 18 heavy (non-hydrogen) atoms. The first kappa shape index (κ1) is 12.3. The van der Waals surface area contributed by atoms with Gasteiger partial charge in [0.2, 0.25) is 11.0 Å². The van der Waals surface area contributed by atoms with E-state index in [9.17, 15) is 4.79 Å². The summed E-state index contributed by atoms with van der Waals surface area (Å²) in [5.74, 6) is 0.396. The molecular formula is C12H11N3O2S. The second kappa shape index (κ2) is 5.92. The molecular weight excluding hydrogens is 250 g/mol. The van der Waals surface area contributed by atoms with Crippen molar-refractivity contribution in [2.75, 3.05) is 5.32 Å². The Morgan fingerprint density at radius 3 is 3.06 bits per heavy atom. The molecule has 0 aromatic carbocycles. The molecule has 2 aromatic rings. The Hall–Kier alpha value is -2.21. The van der Waals surface area contributed by atoms with Crippen LogP contribution in [-0.4, -0.2) is 16.1 Å². The maximum atomic E-state index is 11.5.